The number of pyridine rings is 1. The monoisotopic (exact) mass is 344 g/mol. The number of halogens is 1. The number of nitrogens with one attached hydrogen (secondary N) is 1. The molecular weight excluding hydrogens is 323 g/mol. The van der Waals surface area contributed by atoms with E-state index in [0.29, 0.717) is 17.0 Å². The Morgan fingerprint density at radius 3 is 2.72 bits per heavy atom. The number of aromatic nitrogens is 1. The maximum absolute atomic E-state index is 13.0. The van der Waals surface area contributed by atoms with Crippen LogP contribution in [0, 0.1) is 5.82 Å². The summed E-state index contributed by atoms with van der Waals surface area (Å²) in [6.45, 7) is 1.57. The number of ether oxygens (including phenoxy) is 1. The van der Waals surface area contributed by atoms with Crippen LogP contribution in [0.4, 0.5) is 4.39 Å². The molecule has 5 nitrogen and oxygen atoms in total. The first-order valence-corrected chi connectivity index (χ1v) is 8.33. The van der Waals surface area contributed by atoms with Gasteiger partial charge in [-0.05, 0) is 49.9 Å². The minimum absolute atomic E-state index is 0.00138. The summed E-state index contributed by atoms with van der Waals surface area (Å²) in [7, 11) is 0. The maximum Gasteiger partial charge on any atom is 0.251 e. The first-order chi connectivity index (χ1) is 11.9. The molecule has 2 N–H and O–H groups in total. The average Bonchev–Trinajstić information content (AvgIpc) is 2.57. The minimum Gasteiger partial charge on any atom is -0.474 e. The summed E-state index contributed by atoms with van der Waals surface area (Å²) in [5, 5.41) is 13.2. The van der Waals surface area contributed by atoms with Gasteiger partial charge >= 0.3 is 0 Å². The molecule has 0 bridgehead atoms. The van der Waals surface area contributed by atoms with Gasteiger partial charge in [-0.1, -0.05) is 12.1 Å². The molecule has 1 saturated carbocycles. The molecule has 1 heterocycles. The summed E-state index contributed by atoms with van der Waals surface area (Å²) in [4.78, 5) is 16.5. The Balaban J connectivity index is 1.61. The number of rotatable bonds is 6. The molecule has 6 heteroatoms. The SMILES string of the molecule is CC(O)(CNC(=O)c1ccnc(OC2CCC2)c1)c1ccc(F)cc1. The zero-order valence-corrected chi connectivity index (χ0v) is 14.0. The number of nitrogens with zero attached hydrogens (tertiary/aromatic N) is 1. The average molecular weight is 344 g/mol. The topological polar surface area (TPSA) is 71.5 Å². The van der Waals surface area contributed by atoms with Crippen LogP contribution in [-0.4, -0.2) is 28.6 Å². The molecule has 1 aliphatic carbocycles. The Bertz CT molecular complexity index is 743. The standard InChI is InChI=1S/C19H21FN2O3/c1-19(24,14-5-7-15(20)8-6-14)12-22-18(23)13-9-10-21-17(11-13)25-16-3-2-4-16/h5-11,16,24H,2-4,12H2,1H3,(H,22,23). The summed E-state index contributed by atoms with van der Waals surface area (Å²) >= 11 is 0. The molecular formula is C19H21FN2O3. The van der Waals surface area contributed by atoms with E-state index in [0.717, 1.165) is 19.3 Å². The van der Waals surface area contributed by atoms with Crippen LogP contribution in [0.15, 0.2) is 42.6 Å². The van der Waals surface area contributed by atoms with Crippen LogP contribution in [0.5, 0.6) is 5.88 Å². The molecule has 1 fully saturated rings. The maximum atomic E-state index is 13.0. The molecule has 2 aromatic rings. The van der Waals surface area contributed by atoms with Gasteiger partial charge in [0, 0.05) is 17.8 Å². The van der Waals surface area contributed by atoms with Crippen molar-refractivity contribution in [2.45, 2.75) is 37.9 Å². The van der Waals surface area contributed by atoms with Crippen LogP contribution in [0.2, 0.25) is 0 Å². The van der Waals surface area contributed by atoms with Crippen molar-refractivity contribution in [2.75, 3.05) is 6.54 Å². The van der Waals surface area contributed by atoms with Gasteiger partial charge in [0.15, 0.2) is 0 Å². The third-order valence-electron chi connectivity index (χ3n) is 4.40. The Morgan fingerprint density at radius 2 is 2.08 bits per heavy atom. The zero-order chi connectivity index (χ0) is 17.9. The molecule has 1 atom stereocenters. The molecule has 25 heavy (non-hydrogen) atoms. The molecule has 0 radical (unpaired) electrons. The highest BCUT2D eigenvalue weighted by Gasteiger charge is 2.24. The zero-order valence-electron chi connectivity index (χ0n) is 14.0. The van der Waals surface area contributed by atoms with E-state index in [1.807, 2.05) is 0 Å². The number of benzene rings is 1. The molecule has 1 unspecified atom stereocenters. The third-order valence-corrected chi connectivity index (χ3v) is 4.40. The summed E-state index contributed by atoms with van der Waals surface area (Å²) in [6, 6.07) is 8.74. The number of aliphatic hydroxyl groups is 1. The number of amides is 1. The van der Waals surface area contributed by atoms with Gasteiger partial charge in [0.2, 0.25) is 5.88 Å². The number of carbonyl (C=O) groups is 1. The Hall–Kier alpha value is -2.47. The summed E-state index contributed by atoms with van der Waals surface area (Å²) in [6.07, 6.45) is 4.90. The largest absolute Gasteiger partial charge is 0.474 e. The van der Waals surface area contributed by atoms with Crippen molar-refractivity contribution >= 4 is 5.91 Å². The van der Waals surface area contributed by atoms with Crippen molar-refractivity contribution in [1.29, 1.82) is 0 Å². The number of hydrogen-bond donors (Lipinski definition) is 2. The van der Waals surface area contributed by atoms with E-state index < -0.39 is 5.60 Å². The Labute approximate surface area is 145 Å². The smallest absolute Gasteiger partial charge is 0.251 e. The van der Waals surface area contributed by atoms with Gasteiger partial charge in [-0.25, -0.2) is 9.37 Å². The Morgan fingerprint density at radius 1 is 1.36 bits per heavy atom. The fraction of sp³-hybridized carbons (Fsp3) is 0.368. The molecule has 1 aliphatic rings. The van der Waals surface area contributed by atoms with Crippen LogP contribution in [0.1, 0.15) is 42.1 Å². The quantitative estimate of drug-likeness (QED) is 0.845. The van der Waals surface area contributed by atoms with E-state index in [9.17, 15) is 14.3 Å². The fourth-order valence-corrected chi connectivity index (χ4v) is 2.54. The first kappa shape index (κ1) is 17.4. The molecule has 0 spiro atoms. The van der Waals surface area contributed by atoms with Crippen LogP contribution in [0.3, 0.4) is 0 Å². The molecule has 0 aliphatic heterocycles. The van der Waals surface area contributed by atoms with Crippen LogP contribution in [-0.2, 0) is 5.60 Å². The normalized spacial score (nSPS) is 16.6. The summed E-state index contributed by atoms with van der Waals surface area (Å²) < 4.78 is 18.7. The summed E-state index contributed by atoms with van der Waals surface area (Å²) in [5.74, 6) is -0.273. The number of carbonyl (C=O) groups excluding carboxylic acids is 1. The van der Waals surface area contributed by atoms with Crippen molar-refractivity contribution in [3.63, 3.8) is 0 Å². The van der Waals surface area contributed by atoms with E-state index in [2.05, 4.69) is 10.3 Å². The molecule has 132 valence electrons. The van der Waals surface area contributed by atoms with Crippen molar-refractivity contribution in [3.05, 3.63) is 59.5 Å². The van der Waals surface area contributed by atoms with Gasteiger partial charge < -0.3 is 15.2 Å². The lowest BCUT2D eigenvalue weighted by molar-refractivity contribution is 0.0525. The van der Waals surface area contributed by atoms with Gasteiger partial charge in [0.05, 0.1) is 6.54 Å². The first-order valence-electron chi connectivity index (χ1n) is 8.33. The predicted octanol–water partition coefficient (Wildman–Crippen LogP) is 2.79. The molecule has 3 rings (SSSR count). The lowest BCUT2D eigenvalue weighted by Gasteiger charge is -2.26. The van der Waals surface area contributed by atoms with E-state index >= 15 is 0 Å². The lowest BCUT2D eigenvalue weighted by Crippen LogP contribution is -2.38. The van der Waals surface area contributed by atoms with E-state index in [-0.39, 0.29) is 24.4 Å². The molecule has 1 aromatic heterocycles. The van der Waals surface area contributed by atoms with Crippen molar-refractivity contribution in [2.24, 2.45) is 0 Å². The van der Waals surface area contributed by atoms with Gasteiger partial charge in [0.25, 0.3) is 5.91 Å². The van der Waals surface area contributed by atoms with E-state index in [1.165, 1.54) is 30.5 Å². The van der Waals surface area contributed by atoms with Crippen LogP contribution < -0.4 is 10.1 Å². The lowest BCUT2D eigenvalue weighted by atomic mass is 9.96. The fourth-order valence-electron chi connectivity index (χ4n) is 2.54. The second-order valence-corrected chi connectivity index (χ2v) is 6.52. The van der Waals surface area contributed by atoms with Crippen LogP contribution in [0.25, 0.3) is 0 Å². The van der Waals surface area contributed by atoms with Crippen molar-refractivity contribution < 1.29 is 19.0 Å². The third kappa shape index (κ3) is 4.33. The highest BCUT2D eigenvalue weighted by atomic mass is 19.1. The summed E-state index contributed by atoms with van der Waals surface area (Å²) in [5.41, 5.74) is -0.362. The predicted molar refractivity (Wildman–Crippen MR) is 90.8 cm³/mol. The van der Waals surface area contributed by atoms with Crippen molar-refractivity contribution in [3.8, 4) is 5.88 Å². The highest BCUT2D eigenvalue weighted by Crippen LogP contribution is 2.24. The van der Waals surface area contributed by atoms with Gasteiger partial charge in [-0.3, -0.25) is 4.79 Å². The number of hydrogen-bond acceptors (Lipinski definition) is 4. The highest BCUT2D eigenvalue weighted by molar-refractivity contribution is 5.94. The van der Waals surface area contributed by atoms with Crippen LogP contribution >= 0.6 is 0 Å². The molecule has 0 saturated heterocycles. The minimum atomic E-state index is -1.30. The van der Waals surface area contributed by atoms with Crippen molar-refractivity contribution in [1.82, 2.24) is 10.3 Å². The van der Waals surface area contributed by atoms with E-state index in [1.54, 1.807) is 19.1 Å². The molecule has 1 aromatic carbocycles. The Kier molecular flexibility index (Phi) is 4.99. The van der Waals surface area contributed by atoms with Gasteiger partial charge in [0.1, 0.15) is 17.5 Å². The van der Waals surface area contributed by atoms with Gasteiger partial charge in [-0.2, -0.15) is 0 Å². The second kappa shape index (κ2) is 7.19. The van der Waals surface area contributed by atoms with E-state index in [4.69, 9.17) is 4.74 Å². The second-order valence-electron chi connectivity index (χ2n) is 6.52. The molecule has 1 amide bonds. The van der Waals surface area contributed by atoms with Gasteiger partial charge in [-0.15, -0.1) is 0 Å².